The van der Waals surface area contributed by atoms with Crippen LogP contribution >= 0.6 is 0 Å². The smallest absolute Gasteiger partial charge is 0.0546 e. The minimum absolute atomic E-state index is 0.0137. The first-order chi connectivity index (χ1) is 18.6. The van der Waals surface area contributed by atoms with Crippen LogP contribution in [0.1, 0.15) is 25.0 Å². The maximum atomic E-state index is 2.42. The fourth-order valence-corrected chi connectivity index (χ4v) is 6.11. The highest BCUT2D eigenvalue weighted by Gasteiger charge is 2.35. The Bertz CT molecular complexity index is 1780. The van der Waals surface area contributed by atoms with Crippen molar-refractivity contribution in [2.45, 2.75) is 19.3 Å². The average molecular weight is 488 g/mol. The molecule has 38 heavy (non-hydrogen) atoms. The molecule has 0 fully saturated rings. The van der Waals surface area contributed by atoms with Gasteiger partial charge < -0.3 is 4.90 Å². The van der Waals surface area contributed by atoms with Crippen molar-refractivity contribution in [1.82, 2.24) is 0 Å². The molecule has 7 rings (SSSR count). The van der Waals surface area contributed by atoms with Gasteiger partial charge in [0, 0.05) is 22.4 Å². The number of benzene rings is 6. The average Bonchev–Trinajstić information content (AvgIpc) is 3.20. The molecule has 6 aromatic carbocycles. The lowest BCUT2D eigenvalue weighted by Gasteiger charge is -2.29. The summed E-state index contributed by atoms with van der Waals surface area (Å²) in [5.41, 5.74) is 11.3. The van der Waals surface area contributed by atoms with Crippen molar-refractivity contribution >= 4 is 27.8 Å². The minimum Gasteiger partial charge on any atom is -0.310 e. The van der Waals surface area contributed by atoms with E-state index in [1.165, 1.54) is 49.8 Å². The van der Waals surface area contributed by atoms with Crippen LogP contribution in [0.5, 0.6) is 0 Å². The zero-order chi connectivity index (χ0) is 25.7. The molecule has 0 saturated heterocycles. The molecule has 0 bridgehead atoms. The van der Waals surface area contributed by atoms with E-state index in [9.17, 15) is 0 Å². The van der Waals surface area contributed by atoms with Crippen LogP contribution in [0.3, 0.4) is 0 Å². The van der Waals surface area contributed by atoms with Crippen molar-refractivity contribution in [2.75, 3.05) is 4.90 Å². The molecule has 0 heterocycles. The molecule has 0 radical (unpaired) electrons. The first-order valence-corrected chi connectivity index (χ1v) is 13.3. The van der Waals surface area contributed by atoms with Gasteiger partial charge in [-0.1, -0.05) is 117 Å². The fraction of sp³-hybridized carbons (Fsp3) is 0.0811. The largest absolute Gasteiger partial charge is 0.310 e. The lowest BCUT2D eigenvalue weighted by Crippen LogP contribution is -2.15. The fourth-order valence-electron chi connectivity index (χ4n) is 6.11. The molecule has 0 N–H and O–H groups in total. The van der Waals surface area contributed by atoms with Crippen LogP contribution in [0.2, 0.25) is 0 Å². The van der Waals surface area contributed by atoms with E-state index in [0.29, 0.717) is 0 Å². The molecule has 0 aliphatic heterocycles. The van der Waals surface area contributed by atoms with Gasteiger partial charge in [-0.3, -0.25) is 0 Å². The lowest BCUT2D eigenvalue weighted by atomic mass is 9.82. The van der Waals surface area contributed by atoms with E-state index < -0.39 is 0 Å². The standard InChI is InChI=1S/C37H29N/c1-37(2)34-20-12-11-19-31(34)33-25-30(21-22-35(33)37)38(29-17-7-4-8-18-29)36-24-28-16-10-9-15-27(28)23-32(36)26-13-5-3-6-14-26/h3-25H,1-2H3. The van der Waals surface area contributed by atoms with E-state index in [0.717, 1.165) is 11.4 Å². The monoisotopic (exact) mass is 487 g/mol. The Kier molecular flexibility index (Phi) is 5.19. The van der Waals surface area contributed by atoms with Crippen LogP contribution in [0.25, 0.3) is 33.0 Å². The van der Waals surface area contributed by atoms with E-state index in [2.05, 4.69) is 158 Å². The summed E-state index contributed by atoms with van der Waals surface area (Å²) in [7, 11) is 0. The van der Waals surface area contributed by atoms with Crippen molar-refractivity contribution < 1.29 is 0 Å². The molecule has 1 aliphatic rings. The molecular formula is C37H29N. The molecule has 0 amide bonds. The van der Waals surface area contributed by atoms with Crippen molar-refractivity contribution in [1.29, 1.82) is 0 Å². The SMILES string of the molecule is CC1(C)c2ccccc2-c2cc(N(c3ccccc3)c3cc4ccccc4cc3-c3ccccc3)ccc21. The van der Waals surface area contributed by atoms with Gasteiger partial charge in [0.15, 0.2) is 0 Å². The van der Waals surface area contributed by atoms with Crippen LogP contribution in [0, 0.1) is 0 Å². The number of rotatable bonds is 4. The molecular weight excluding hydrogens is 458 g/mol. The van der Waals surface area contributed by atoms with Gasteiger partial charge in [-0.25, -0.2) is 0 Å². The predicted molar refractivity (Wildman–Crippen MR) is 162 cm³/mol. The summed E-state index contributed by atoms with van der Waals surface area (Å²) in [6, 6.07) is 50.7. The van der Waals surface area contributed by atoms with Crippen molar-refractivity contribution in [3.8, 4) is 22.3 Å². The van der Waals surface area contributed by atoms with Crippen molar-refractivity contribution in [2.24, 2.45) is 0 Å². The first kappa shape index (κ1) is 22.6. The highest BCUT2D eigenvalue weighted by Crippen LogP contribution is 2.51. The molecule has 0 atom stereocenters. The molecule has 0 aromatic heterocycles. The van der Waals surface area contributed by atoms with Gasteiger partial charge in [0.25, 0.3) is 0 Å². The lowest BCUT2D eigenvalue weighted by molar-refractivity contribution is 0.660. The van der Waals surface area contributed by atoms with Crippen LogP contribution in [0.4, 0.5) is 17.1 Å². The molecule has 1 nitrogen and oxygen atoms in total. The summed E-state index contributed by atoms with van der Waals surface area (Å²) in [6.07, 6.45) is 0. The highest BCUT2D eigenvalue weighted by atomic mass is 15.1. The van der Waals surface area contributed by atoms with E-state index in [1.807, 2.05) is 0 Å². The van der Waals surface area contributed by atoms with Crippen LogP contribution in [-0.4, -0.2) is 0 Å². The van der Waals surface area contributed by atoms with Crippen molar-refractivity contribution in [3.63, 3.8) is 0 Å². The number of fused-ring (bicyclic) bond motifs is 4. The third-order valence-corrected chi connectivity index (χ3v) is 8.03. The second kappa shape index (κ2) is 8.75. The number of para-hydroxylation sites is 1. The van der Waals surface area contributed by atoms with E-state index >= 15 is 0 Å². The Morgan fingerprint density at radius 1 is 0.447 bits per heavy atom. The van der Waals surface area contributed by atoms with E-state index in [1.54, 1.807) is 0 Å². The van der Waals surface area contributed by atoms with Gasteiger partial charge in [0.1, 0.15) is 0 Å². The van der Waals surface area contributed by atoms with Gasteiger partial charge >= 0.3 is 0 Å². The Morgan fingerprint density at radius 3 is 1.82 bits per heavy atom. The zero-order valence-corrected chi connectivity index (χ0v) is 21.7. The Morgan fingerprint density at radius 2 is 1.05 bits per heavy atom. The number of hydrogen-bond acceptors (Lipinski definition) is 1. The van der Waals surface area contributed by atoms with Gasteiger partial charge in [-0.15, -0.1) is 0 Å². The maximum absolute atomic E-state index is 2.42. The summed E-state index contributed by atoms with van der Waals surface area (Å²) >= 11 is 0. The molecule has 0 saturated carbocycles. The summed E-state index contributed by atoms with van der Waals surface area (Å²) in [6.45, 7) is 4.67. The normalized spacial score (nSPS) is 13.2. The Labute approximate surface area is 224 Å². The topological polar surface area (TPSA) is 3.24 Å². The first-order valence-electron chi connectivity index (χ1n) is 13.3. The van der Waals surface area contributed by atoms with Crippen LogP contribution in [-0.2, 0) is 5.41 Å². The number of hydrogen-bond donors (Lipinski definition) is 0. The zero-order valence-electron chi connectivity index (χ0n) is 21.7. The number of anilines is 3. The predicted octanol–water partition coefficient (Wildman–Crippen LogP) is 10.3. The van der Waals surface area contributed by atoms with Gasteiger partial charge in [0.05, 0.1) is 5.69 Å². The van der Waals surface area contributed by atoms with Gasteiger partial charge in [-0.05, 0) is 75.0 Å². The maximum Gasteiger partial charge on any atom is 0.0546 e. The third kappa shape index (κ3) is 3.55. The van der Waals surface area contributed by atoms with Crippen LogP contribution in [0.15, 0.2) is 140 Å². The Hall–Kier alpha value is -4.62. The number of nitrogens with zero attached hydrogens (tertiary/aromatic N) is 1. The summed E-state index contributed by atoms with van der Waals surface area (Å²) < 4.78 is 0. The van der Waals surface area contributed by atoms with E-state index in [4.69, 9.17) is 0 Å². The molecule has 0 spiro atoms. The molecule has 6 aromatic rings. The van der Waals surface area contributed by atoms with Crippen LogP contribution < -0.4 is 4.90 Å². The quantitative estimate of drug-likeness (QED) is 0.239. The van der Waals surface area contributed by atoms with E-state index in [-0.39, 0.29) is 5.41 Å². The van der Waals surface area contributed by atoms with Gasteiger partial charge in [-0.2, -0.15) is 0 Å². The third-order valence-electron chi connectivity index (χ3n) is 8.03. The minimum atomic E-state index is -0.0137. The molecule has 0 unspecified atom stereocenters. The summed E-state index contributed by atoms with van der Waals surface area (Å²) in [5.74, 6) is 0. The summed E-state index contributed by atoms with van der Waals surface area (Å²) in [4.78, 5) is 2.42. The molecule has 1 heteroatoms. The van der Waals surface area contributed by atoms with Gasteiger partial charge in [0.2, 0.25) is 0 Å². The second-order valence-corrected chi connectivity index (χ2v) is 10.7. The highest BCUT2D eigenvalue weighted by molar-refractivity contribution is 5.99. The molecule has 182 valence electrons. The summed E-state index contributed by atoms with van der Waals surface area (Å²) in [5, 5.41) is 2.48. The Balaban J connectivity index is 1.51. The molecule has 1 aliphatic carbocycles. The second-order valence-electron chi connectivity index (χ2n) is 10.7. The van der Waals surface area contributed by atoms with Crippen molar-refractivity contribution in [3.05, 3.63) is 151 Å².